The molecule has 1 aromatic heterocycles. The summed E-state index contributed by atoms with van der Waals surface area (Å²) in [4.78, 5) is 6.51. The third-order valence-electron chi connectivity index (χ3n) is 3.01. The van der Waals surface area contributed by atoms with Crippen LogP contribution in [0, 0.1) is 0 Å². The number of ether oxygens (including phenoxy) is 1. The maximum atomic E-state index is 5.67. The first-order chi connectivity index (χ1) is 7.59. The minimum Gasteiger partial charge on any atom is -0.397 e. The molecule has 88 valence electrons. The number of aromatic nitrogens is 1. The van der Waals surface area contributed by atoms with Crippen LogP contribution in [0.25, 0.3) is 0 Å². The van der Waals surface area contributed by atoms with Crippen molar-refractivity contribution in [2.75, 3.05) is 24.3 Å². The first-order valence-corrected chi connectivity index (χ1v) is 6.14. The second-order valence-electron chi connectivity index (χ2n) is 4.12. The highest BCUT2D eigenvalue weighted by Crippen LogP contribution is 2.29. The molecule has 0 bridgehead atoms. The van der Waals surface area contributed by atoms with E-state index in [1.807, 2.05) is 13.1 Å². The van der Waals surface area contributed by atoms with Gasteiger partial charge in [-0.15, -0.1) is 0 Å². The van der Waals surface area contributed by atoms with Crippen LogP contribution in [-0.4, -0.2) is 30.8 Å². The van der Waals surface area contributed by atoms with Crippen molar-refractivity contribution in [2.24, 2.45) is 0 Å². The molecule has 2 N–H and O–H groups in total. The molecular weight excluding hydrogens is 270 g/mol. The molecule has 0 spiro atoms. The van der Waals surface area contributed by atoms with Crippen LogP contribution in [0.4, 0.5) is 11.5 Å². The highest BCUT2D eigenvalue weighted by atomic mass is 79.9. The molecule has 16 heavy (non-hydrogen) atoms. The topological polar surface area (TPSA) is 51.4 Å². The molecule has 5 heteroatoms. The van der Waals surface area contributed by atoms with Gasteiger partial charge < -0.3 is 15.4 Å². The Balaban J connectivity index is 2.23. The van der Waals surface area contributed by atoms with Gasteiger partial charge in [0.05, 0.1) is 28.5 Å². The monoisotopic (exact) mass is 285 g/mol. The molecule has 0 aliphatic carbocycles. The molecule has 2 rings (SSSR count). The van der Waals surface area contributed by atoms with E-state index in [9.17, 15) is 0 Å². The fourth-order valence-corrected chi connectivity index (χ4v) is 2.74. The molecule has 2 atom stereocenters. The summed E-state index contributed by atoms with van der Waals surface area (Å²) >= 11 is 3.49. The fourth-order valence-electron chi connectivity index (χ4n) is 2.09. The maximum absolute atomic E-state index is 5.67. The Morgan fingerprint density at radius 2 is 2.38 bits per heavy atom. The summed E-state index contributed by atoms with van der Waals surface area (Å²) in [5.74, 6) is 0.913. The molecule has 1 aromatic rings. The molecule has 2 unspecified atom stereocenters. The SMILES string of the molecule is CC1OCCC1N(C)c1ncc(N)cc1Br. The normalized spacial score (nSPS) is 24.7. The second-order valence-corrected chi connectivity index (χ2v) is 4.97. The maximum Gasteiger partial charge on any atom is 0.143 e. The standard InChI is InChI=1S/C11H16BrN3O/c1-7-10(3-4-16-7)15(2)11-9(12)5-8(13)6-14-11/h5-7,10H,3-4,13H2,1-2H3. The summed E-state index contributed by atoms with van der Waals surface area (Å²) in [5.41, 5.74) is 6.34. The Kier molecular flexibility index (Phi) is 3.35. The number of nitrogens with zero attached hydrogens (tertiary/aromatic N) is 2. The molecule has 1 aliphatic rings. The number of anilines is 2. The van der Waals surface area contributed by atoms with Crippen LogP contribution in [0.5, 0.6) is 0 Å². The third-order valence-corrected chi connectivity index (χ3v) is 3.59. The van der Waals surface area contributed by atoms with Crippen LogP contribution >= 0.6 is 15.9 Å². The van der Waals surface area contributed by atoms with Gasteiger partial charge in [0.2, 0.25) is 0 Å². The van der Waals surface area contributed by atoms with Gasteiger partial charge in [-0.2, -0.15) is 0 Å². The van der Waals surface area contributed by atoms with Crippen LogP contribution in [0.2, 0.25) is 0 Å². The molecule has 0 amide bonds. The van der Waals surface area contributed by atoms with Crippen molar-refractivity contribution < 1.29 is 4.74 Å². The van der Waals surface area contributed by atoms with Gasteiger partial charge in [-0.3, -0.25) is 0 Å². The summed E-state index contributed by atoms with van der Waals surface area (Å²) in [7, 11) is 2.04. The lowest BCUT2D eigenvalue weighted by molar-refractivity contribution is 0.118. The van der Waals surface area contributed by atoms with E-state index in [1.54, 1.807) is 6.20 Å². The van der Waals surface area contributed by atoms with Crippen molar-refractivity contribution in [2.45, 2.75) is 25.5 Å². The van der Waals surface area contributed by atoms with Crippen LogP contribution in [0.15, 0.2) is 16.7 Å². The second kappa shape index (κ2) is 4.59. The van der Waals surface area contributed by atoms with E-state index < -0.39 is 0 Å². The predicted molar refractivity (Wildman–Crippen MR) is 68.6 cm³/mol. The number of pyridine rings is 1. The summed E-state index contributed by atoms with van der Waals surface area (Å²) in [6.07, 6.45) is 2.96. The molecule has 2 heterocycles. The van der Waals surface area contributed by atoms with Crippen LogP contribution in [-0.2, 0) is 4.74 Å². The van der Waals surface area contributed by atoms with Gasteiger partial charge in [0.25, 0.3) is 0 Å². The van der Waals surface area contributed by atoms with Gasteiger partial charge in [0.1, 0.15) is 5.82 Å². The number of halogens is 1. The minimum absolute atomic E-state index is 0.247. The average Bonchev–Trinajstić information content (AvgIpc) is 2.63. The largest absolute Gasteiger partial charge is 0.397 e. The molecule has 0 saturated carbocycles. The lowest BCUT2D eigenvalue weighted by Gasteiger charge is -2.28. The quantitative estimate of drug-likeness (QED) is 0.904. The van der Waals surface area contributed by atoms with Gasteiger partial charge in [0, 0.05) is 13.7 Å². The zero-order valence-electron chi connectivity index (χ0n) is 9.48. The van der Waals surface area contributed by atoms with Crippen molar-refractivity contribution in [3.05, 3.63) is 16.7 Å². The van der Waals surface area contributed by atoms with E-state index in [-0.39, 0.29) is 6.10 Å². The number of likely N-dealkylation sites (N-methyl/N-ethyl adjacent to an activating group) is 1. The number of hydrogen-bond donors (Lipinski definition) is 1. The fraction of sp³-hybridized carbons (Fsp3) is 0.545. The van der Waals surface area contributed by atoms with Gasteiger partial charge in [-0.25, -0.2) is 4.98 Å². The Bertz CT molecular complexity index is 385. The van der Waals surface area contributed by atoms with Crippen LogP contribution in [0.3, 0.4) is 0 Å². The minimum atomic E-state index is 0.247. The van der Waals surface area contributed by atoms with E-state index in [2.05, 4.69) is 32.7 Å². The van der Waals surface area contributed by atoms with E-state index in [0.717, 1.165) is 23.3 Å². The van der Waals surface area contributed by atoms with E-state index >= 15 is 0 Å². The van der Waals surface area contributed by atoms with Crippen molar-refractivity contribution in [3.8, 4) is 0 Å². The third kappa shape index (κ3) is 2.15. The van der Waals surface area contributed by atoms with Crippen molar-refractivity contribution in [1.82, 2.24) is 4.98 Å². The first-order valence-electron chi connectivity index (χ1n) is 5.35. The van der Waals surface area contributed by atoms with E-state index in [1.165, 1.54) is 0 Å². The molecular formula is C11H16BrN3O. The van der Waals surface area contributed by atoms with Crippen molar-refractivity contribution in [1.29, 1.82) is 0 Å². The highest BCUT2D eigenvalue weighted by molar-refractivity contribution is 9.10. The molecule has 1 fully saturated rings. The number of rotatable bonds is 2. The lowest BCUT2D eigenvalue weighted by atomic mass is 10.1. The lowest BCUT2D eigenvalue weighted by Crippen LogP contribution is -2.37. The van der Waals surface area contributed by atoms with Gasteiger partial charge in [0.15, 0.2) is 0 Å². The number of nitrogen functional groups attached to an aromatic ring is 1. The van der Waals surface area contributed by atoms with Gasteiger partial charge >= 0.3 is 0 Å². The number of hydrogen-bond acceptors (Lipinski definition) is 4. The zero-order chi connectivity index (χ0) is 11.7. The Hall–Kier alpha value is -0.810. The Morgan fingerprint density at radius 1 is 1.62 bits per heavy atom. The highest BCUT2D eigenvalue weighted by Gasteiger charge is 2.29. The van der Waals surface area contributed by atoms with Crippen molar-refractivity contribution in [3.63, 3.8) is 0 Å². The van der Waals surface area contributed by atoms with Crippen LogP contribution in [0.1, 0.15) is 13.3 Å². The number of nitrogens with two attached hydrogens (primary N) is 1. The zero-order valence-corrected chi connectivity index (χ0v) is 11.1. The van der Waals surface area contributed by atoms with E-state index in [4.69, 9.17) is 10.5 Å². The Morgan fingerprint density at radius 3 is 2.94 bits per heavy atom. The molecule has 1 aliphatic heterocycles. The van der Waals surface area contributed by atoms with E-state index in [0.29, 0.717) is 11.7 Å². The summed E-state index contributed by atoms with van der Waals surface area (Å²) < 4.78 is 6.49. The molecule has 1 saturated heterocycles. The van der Waals surface area contributed by atoms with Gasteiger partial charge in [-0.05, 0) is 35.3 Å². The summed E-state index contributed by atoms with van der Waals surface area (Å²) in [5, 5.41) is 0. The first kappa shape index (κ1) is 11.7. The predicted octanol–water partition coefficient (Wildman–Crippen LogP) is 2.04. The summed E-state index contributed by atoms with van der Waals surface area (Å²) in [6.45, 7) is 2.92. The molecule has 0 aromatic carbocycles. The molecule has 0 radical (unpaired) electrons. The smallest absolute Gasteiger partial charge is 0.143 e. The summed E-state index contributed by atoms with van der Waals surface area (Å²) in [6, 6.07) is 2.26. The van der Waals surface area contributed by atoms with Crippen LogP contribution < -0.4 is 10.6 Å². The average molecular weight is 286 g/mol. The molecule has 4 nitrogen and oxygen atoms in total. The Labute approximate surface area is 104 Å². The van der Waals surface area contributed by atoms with Gasteiger partial charge in [-0.1, -0.05) is 0 Å². The van der Waals surface area contributed by atoms with Crippen molar-refractivity contribution >= 4 is 27.4 Å².